The van der Waals surface area contributed by atoms with Crippen LogP contribution in [0.5, 0.6) is 0 Å². The molecule has 1 aromatic carbocycles. The Labute approximate surface area is 145 Å². The number of β-amino-alcohol motifs (C(OH)–C–C–N with tert-alkyl or cyclic N) is 1. The summed E-state index contributed by atoms with van der Waals surface area (Å²) in [5.74, 6) is 0.602. The van der Waals surface area contributed by atoms with Crippen molar-refractivity contribution in [1.82, 2.24) is 19.4 Å². The molecule has 2 N–H and O–H groups in total. The highest BCUT2D eigenvalue weighted by molar-refractivity contribution is 5.83. The standard InChI is InChI=1S/C19H22N4O2/c1-22-16-6-3-2-5-14(16)11-15(18(22)24)17-21-9-10-23(17)13-19(25)7-4-8-20-12-19/h2-3,5-6,9-11,20,25H,4,7-8,12-13H2,1H3. The topological polar surface area (TPSA) is 72.1 Å². The van der Waals surface area contributed by atoms with Crippen molar-refractivity contribution in [2.75, 3.05) is 13.1 Å². The number of pyridine rings is 1. The van der Waals surface area contributed by atoms with Crippen LogP contribution in [0, 0.1) is 0 Å². The van der Waals surface area contributed by atoms with E-state index in [4.69, 9.17) is 0 Å². The Hall–Kier alpha value is -2.44. The first-order valence-corrected chi connectivity index (χ1v) is 8.61. The number of aryl methyl sites for hydroxylation is 1. The first kappa shape index (κ1) is 16.1. The third-order valence-electron chi connectivity index (χ3n) is 5.00. The molecule has 0 amide bonds. The summed E-state index contributed by atoms with van der Waals surface area (Å²) in [6, 6.07) is 9.70. The van der Waals surface area contributed by atoms with E-state index in [-0.39, 0.29) is 5.56 Å². The molecule has 0 saturated carbocycles. The predicted octanol–water partition coefficient (Wildman–Crippen LogP) is 1.52. The van der Waals surface area contributed by atoms with Gasteiger partial charge in [-0.1, -0.05) is 18.2 Å². The molecule has 0 bridgehead atoms. The van der Waals surface area contributed by atoms with Gasteiger partial charge in [0.25, 0.3) is 5.56 Å². The summed E-state index contributed by atoms with van der Waals surface area (Å²) in [6.07, 6.45) is 5.20. The van der Waals surface area contributed by atoms with Gasteiger partial charge in [0.1, 0.15) is 5.82 Å². The highest BCUT2D eigenvalue weighted by Gasteiger charge is 2.30. The Morgan fingerprint density at radius 1 is 1.36 bits per heavy atom. The third-order valence-corrected chi connectivity index (χ3v) is 5.00. The summed E-state index contributed by atoms with van der Waals surface area (Å²) in [6.45, 7) is 1.91. The van der Waals surface area contributed by atoms with Crippen molar-refractivity contribution < 1.29 is 5.11 Å². The van der Waals surface area contributed by atoms with Crippen molar-refractivity contribution in [3.8, 4) is 11.4 Å². The molecule has 1 saturated heterocycles. The van der Waals surface area contributed by atoms with Gasteiger partial charge in [-0.15, -0.1) is 0 Å². The second kappa shape index (κ2) is 6.13. The lowest BCUT2D eigenvalue weighted by Gasteiger charge is -2.33. The molecule has 1 unspecified atom stereocenters. The Morgan fingerprint density at radius 2 is 2.20 bits per heavy atom. The number of hydrogen-bond acceptors (Lipinski definition) is 4. The van der Waals surface area contributed by atoms with Crippen LogP contribution in [-0.2, 0) is 13.6 Å². The second-order valence-electron chi connectivity index (χ2n) is 6.86. The fourth-order valence-electron chi connectivity index (χ4n) is 3.67. The molecule has 4 rings (SSSR count). The highest BCUT2D eigenvalue weighted by Crippen LogP contribution is 2.23. The van der Waals surface area contributed by atoms with Crippen LogP contribution in [0.25, 0.3) is 22.3 Å². The molecule has 1 atom stereocenters. The average Bonchev–Trinajstić information content (AvgIpc) is 3.06. The van der Waals surface area contributed by atoms with E-state index in [2.05, 4.69) is 10.3 Å². The van der Waals surface area contributed by atoms with Crippen molar-refractivity contribution in [3.63, 3.8) is 0 Å². The zero-order valence-electron chi connectivity index (χ0n) is 14.3. The molecule has 25 heavy (non-hydrogen) atoms. The molecule has 0 spiro atoms. The molecular formula is C19H22N4O2. The molecule has 3 aromatic rings. The Bertz CT molecular complexity index is 967. The molecular weight excluding hydrogens is 316 g/mol. The molecule has 6 nitrogen and oxygen atoms in total. The van der Waals surface area contributed by atoms with E-state index in [0.29, 0.717) is 24.5 Å². The second-order valence-corrected chi connectivity index (χ2v) is 6.86. The quantitative estimate of drug-likeness (QED) is 0.759. The van der Waals surface area contributed by atoms with Crippen molar-refractivity contribution in [1.29, 1.82) is 0 Å². The maximum absolute atomic E-state index is 12.8. The SMILES string of the molecule is Cn1c(=O)c(-c2nccn2CC2(O)CCCNC2)cc2ccccc21. The molecule has 0 radical (unpaired) electrons. The molecule has 1 fully saturated rings. The Balaban J connectivity index is 1.79. The average molecular weight is 338 g/mol. The van der Waals surface area contributed by atoms with Crippen molar-refractivity contribution in [3.05, 3.63) is 53.1 Å². The Kier molecular flexibility index (Phi) is 3.94. The van der Waals surface area contributed by atoms with E-state index >= 15 is 0 Å². The van der Waals surface area contributed by atoms with Crippen LogP contribution in [0.15, 0.2) is 47.5 Å². The van der Waals surface area contributed by atoms with E-state index in [9.17, 15) is 9.90 Å². The number of aliphatic hydroxyl groups is 1. The highest BCUT2D eigenvalue weighted by atomic mass is 16.3. The number of nitrogens with zero attached hydrogens (tertiary/aromatic N) is 3. The predicted molar refractivity (Wildman–Crippen MR) is 97.5 cm³/mol. The van der Waals surface area contributed by atoms with Gasteiger partial charge < -0.3 is 19.6 Å². The Morgan fingerprint density at radius 3 is 3.00 bits per heavy atom. The van der Waals surface area contributed by atoms with Crippen LogP contribution < -0.4 is 10.9 Å². The summed E-state index contributed by atoms with van der Waals surface area (Å²) < 4.78 is 3.54. The number of hydrogen-bond donors (Lipinski definition) is 2. The van der Waals surface area contributed by atoms with Crippen molar-refractivity contribution in [2.24, 2.45) is 7.05 Å². The van der Waals surface area contributed by atoms with Crippen LogP contribution in [0.2, 0.25) is 0 Å². The summed E-state index contributed by atoms with van der Waals surface area (Å²) in [5, 5.41) is 15.1. The number of nitrogens with one attached hydrogen (secondary N) is 1. The van der Waals surface area contributed by atoms with Gasteiger partial charge in [-0.05, 0) is 36.9 Å². The molecule has 1 aliphatic heterocycles. The number of piperidine rings is 1. The minimum absolute atomic E-state index is 0.0834. The minimum Gasteiger partial charge on any atom is -0.387 e. The summed E-state index contributed by atoms with van der Waals surface area (Å²) in [5.41, 5.74) is 0.554. The van der Waals surface area contributed by atoms with Crippen LogP contribution in [0.4, 0.5) is 0 Å². The third kappa shape index (κ3) is 2.88. The summed E-state index contributed by atoms with van der Waals surface area (Å²) in [4.78, 5) is 17.3. The van der Waals surface area contributed by atoms with E-state index in [1.54, 1.807) is 17.8 Å². The smallest absolute Gasteiger partial charge is 0.261 e. The molecule has 6 heteroatoms. The molecule has 130 valence electrons. The van der Waals surface area contributed by atoms with Gasteiger partial charge in [-0.2, -0.15) is 0 Å². The minimum atomic E-state index is -0.810. The van der Waals surface area contributed by atoms with Gasteiger partial charge in [0.15, 0.2) is 0 Å². The first-order chi connectivity index (χ1) is 12.1. The van der Waals surface area contributed by atoms with E-state index < -0.39 is 5.60 Å². The zero-order chi connectivity index (χ0) is 17.4. The van der Waals surface area contributed by atoms with E-state index in [1.165, 1.54) is 0 Å². The molecule has 1 aliphatic rings. The van der Waals surface area contributed by atoms with Crippen LogP contribution in [-0.4, -0.2) is 37.9 Å². The molecule has 2 aromatic heterocycles. The zero-order valence-corrected chi connectivity index (χ0v) is 14.3. The van der Waals surface area contributed by atoms with Gasteiger partial charge in [-0.25, -0.2) is 4.98 Å². The maximum atomic E-state index is 12.8. The van der Waals surface area contributed by atoms with Crippen molar-refractivity contribution in [2.45, 2.75) is 25.0 Å². The summed E-state index contributed by atoms with van der Waals surface area (Å²) in [7, 11) is 1.78. The van der Waals surface area contributed by atoms with Gasteiger partial charge in [-0.3, -0.25) is 4.79 Å². The lowest BCUT2D eigenvalue weighted by Crippen LogP contribution is -2.48. The monoisotopic (exact) mass is 338 g/mol. The fourth-order valence-corrected chi connectivity index (χ4v) is 3.67. The fraction of sp³-hybridized carbons (Fsp3) is 0.368. The van der Waals surface area contributed by atoms with Crippen molar-refractivity contribution >= 4 is 10.9 Å². The maximum Gasteiger partial charge on any atom is 0.261 e. The van der Waals surface area contributed by atoms with Crippen LogP contribution in [0.3, 0.4) is 0 Å². The van der Waals surface area contributed by atoms with Gasteiger partial charge >= 0.3 is 0 Å². The number of aromatic nitrogens is 3. The number of benzene rings is 1. The van der Waals surface area contributed by atoms with E-state index in [0.717, 1.165) is 30.3 Å². The molecule has 0 aliphatic carbocycles. The first-order valence-electron chi connectivity index (χ1n) is 8.61. The van der Waals surface area contributed by atoms with Crippen LogP contribution >= 0.6 is 0 Å². The molecule has 3 heterocycles. The number of rotatable bonds is 3. The van der Waals surface area contributed by atoms with E-state index in [1.807, 2.05) is 41.1 Å². The number of para-hydroxylation sites is 1. The summed E-state index contributed by atoms with van der Waals surface area (Å²) >= 11 is 0. The number of imidazole rings is 1. The normalized spacial score (nSPS) is 20.9. The number of fused-ring (bicyclic) bond motifs is 1. The van der Waals surface area contributed by atoms with Gasteiger partial charge in [0.05, 0.1) is 23.2 Å². The largest absolute Gasteiger partial charge is 0.387 e. The van der Waals surface area contributed by atoms with Gasteiger partial charge in [0, 0.05) is 26.0 Å². The van der Waals surface area contributed by atoms with Crippen LogP contribution in [0.1, 0.15) is 12.8 Å². The van der Waals surface area contributed by atoms with Gasteiger partial charge in [0.2, 0.25) is 0 Å². The lowest BCUT2D eigenvalue weighted by molar-refractivity contribution is 0.00105. The lowest BCUT2D eigenvalue weighted by atomic mass is 9.94.